The van der Waals surface area contributed by atoms with E-state index in [4.69, 9.17) is 0 Å². The van der Waals surface area contributed by atoms with Crippen LogP contribution in [0, 0.1) is 27.6 Å². The Morgan fingerprint density at radius 3 is 2.59 bits per heavy atom. The van der Waals surface area contributed by atoms with E-state index < -0.39 is 34.0 Å². The zero-order valence-electron chi connectivity index (χ0n) is 13.3. The maximum absolute atomic E-state index is 13.6. The number of imidazole rings is 1. The van der Waals surface area contributed by atoms with Gasteiger partial charge in [0.05, 0.1) is 16.9 Å². The third-order valence-corrected chi connectivity index (χ3v) is 3.56. The number of nitrogens with zero attached hydrogens (tertiary/aromatic N) is 3. The molecule has 0 radical (unpaired) electrons. The second-order valence-electron chi connectivity index (χ2n) is 5.23. The number of rotatable bonds is 5. The maximum Gasteiger partial charge on any atom is 0.294 e. The Kier molecular flexibility index (Phi) is 4.75. The van der Waals surface area contributed by atoms with Gasteiger partial charge in [0.25, 0.3) is 11.6 Å². The van der Waals surface area contributed by atoms with E-state index in [9.17, 15) is 28.1 Å². The molecule has 0 atom stereocenters. The number of hydrazine groups is 1. The Hall–Kier alpha value is -3.89. The lowest BCUT2D eigenvalue weighted by molar-refractivity contribution is -0.384. The van der Waals surface area contributed by atoms with Crippen LogP contribution in [-0.4, -0.2) is 20.4 Å². The first kappa shape index (κ1) is 17.9. The highest BCUT2D eigenvalue weighted by molar-refractivity contribution is 5.96. The van der Waals surface area contributed by atoms with Crippen molar-refractivity contribution < 1.29 is 22.9 Å². The number of nitro benzene ring substituents is 1. The molecule has 8 nitrogen and oxygen atoms in total. The lowest BCUT2D eigenvalue weighted by atomic mass is 10.1. The largest absolute Gasteiger partial charge is 0.300 e. The van der Waals surface area contributed by atoms with Gasteiger partial charge in [-0.1, -0.05) is 0 Å². The van der Waals surface area contributed by atoms with Gasteiger partial charge >= 0.3 is 0 Å². The summed E-state index contributed by atoms with van der Waals surface area (Å²) in [5, 5.41) is 11.3. The van der Waals surface area contributed by atoms with Gasteiger partial charge in [-0.2, -0.15) is 0 Å². The average Bonchev–Trinajstić information content (AvgIpc) is 3.19. The van der Waals surface area contributed by atoms with Gasteiger partial charge in [0.2, 0.25) is 0 Å². The topological polar surface area (TPSA) is 102 Å². The van der Waals surface area contributed by atoms with Crippen molar-refractivity contribution in [2.75, 3.05) is 5.43 Å². The van der Waals surface area contributed by atoms with Gasteiger partial charge in [-0.25, -0.2) is 18.2 Å². The van der Waals surface area contributed by atoms with Gasteiger partial charge in [0, 0.05) is 24.0 Å². The monoisotopic (exact) mass is 377 g/mol. The summed E-state index contributed by atoms with van der Waals surface area (Å²) in [6, 6.07) is 5.23. The molecule has 1 aromatic heterocycles. The molecule has 0 unspecified atom stereocenters. The van der Waals surface area contributed by atoms with Crippen molar-refractivity contribution in [2.24, 2.45) is 0 Å². The molecule has 3 aromatic rings. The number of anilines is 1. The minimum absolute atomic E-state index is 0.110. The summed E-state index contributed by atoms with van der Waals surface area (Å²) in [5.74, 6) is -5.44. The van der Waals surface area contributed by atoms with Crippen LogP contribution in [-0.2, 0) is 0 Å². The van der Waals surface area contributed by atoms with E-state index >= 15 is 0 Å². The highest BCUT2D eigenvalue weighted by atomic mass is 19.2. The Morgan fingerprint density at radius 1 is 1.15 bits per heavy atom. The predicted molar refractivity (Wildman–Crippen MR) is 87.6 cm³/mol. The molecule has 0 saturated heterocycles. The molecule has 3 rings (SSSR count). The molecule has 1 amide bonds. The molecule has 0 aliphatic heterocycles. The highest BCUT2D eigenvalue weighted by Gasteiger charge is 2.19. The summed E-state index contributed by atoms with van der Waals surface area (Å²) in [6.07, 6.45) is 4.29. The molecule has 2 N–H and O–H groups in total. The summed E-state index contributed by atoms with van der Waals surface area (Å²) in [7, 11) is 0. The predicted octanol–water partition coefficient (Wildman–Crippen LogP) is 2.95. The minimum Gasteiger partial charge on any atom is -0.300 e. The van der Waals surface area contributed by atoms with Crippen molar-refractivity contribution in [1.29, 1.82) is 0 Å². The summed E-state index contributed by atoms with van der Waals surface area (Å²) in [6.45, 7) is 0. The summed E-state index contributed by atoms with van der Waals surface area (Å²) >= 11 is 0. The molecular weight excluding hydrogens is 367 g/mol. The van der Waals surface area contributed by atoms with Gasteiger partial charge in [-0.3, -0.25) is 25.8 Å². The van der Waals surface area contributed by atoms with Crippen molar-refractivity contribution in [3.05, 3.63) is 82.2 Å². The summed E-state index contributed by atoms with van der Waals surface area (Å²) in [5.41, 5.74) is 3.38. The fraction of sp³-hybridized carbons (Fsp3) is 0. The number of benzene rings is 2. The molecule has 0 aliphatic carbocycles. The first-order valence-electron chi connectivity index (χ1n) is 7.35. The van der Waals surface area contributed by atoms with Crippen molar-refractivity contribution in [1.82, 2.24) is 15.0 Å². The third kappa shape index (κ3) is 3.56. The fourth-order valence-electron chi connectivity index (χ4n) is 2.25. The fourth-order valence-corrected chi connectivity index (χ4v) is 2.25. The SMILES string of the molecule is O=C(NNc1ccc(F)c(F)c1F)c1ccc(-n2ccnc2)c([N+](=O)[O-])c1. The third-order valence-electron chi connectivity index (χ3n) is 3.56. The zero-order valence-corrected chi connectivity index (χ0v) is 13.3. The summed E-state index contributed by atoms with van der Waals surface area (Å²) < 4.78 is 41.0. The zero-order chi connectivity index (χ0) is 19.6. The van der Waals surface area contributed by atoms with Gasteiger partial charge in [0.1, 0.15) is 5.69 Å². The van der Waals surface area contributed by atoms with E-state index in [-0.39, 0.29) is 16.9 Å². The van der Waals surface area contributed by atoms with Crippen molar-refractivity contribution in [3.63, 3.8) is 0 Å². The van der Waals surface area contributed by atoms with Crippen LogP contribution in [0.15, 0.2) is 49.1 Å². The van der Waals surface area contributed by atoms with E-state index in [1.165, 1.54) is 35.4 Å². The molecule has 27 heavy (non-hydrogen) atoms. The number of aromatic nitrogens is 2. The summed E-state index contributed by atoms with van der Waals surface area (Å²) in [4.78, 5) is 26.6. The van der Waals surface area contributed by atoms with Crippen LogP contribution < -0.4 is 10.9 Å². The molecule has 0 bridgehead atoms. The number of hydrogen-bond acceptors (Lipinski definition) is 5. The van der Waals surface area contributed by atoms with Gasteiger partial charge in [0.15, 0.2) is 17.5 Å². The normalized spacial score (nSPS) is 10.5. The number of carbonyl (C=O) groups is 1. The Morgan fingerprint density at radius 2 is 1.93 bits per heavy atom. The van der Waals surface area contributed by atoms with Crippen molar-refractivity contribution in [3.8, 4) is 5.69 Å². The van der Waals surface area contributed by atoms with E-state index in [0.717, 1.165) is 12.1 Å². The highest BCUT2D eigenvalue weighted by Crippen LogP contribution is 2.24. The van der Waals surface area contributed by atoms with Gasteiger partial charge in [-0.15, -0.1) is 0 Å². The molecule has 2 aromatic carbocycles. The van der Waals surface area contributed by atoms with Crippen LogP contribution in [0.5, 0.6) is 0 Å². The second kappa shape index (κ2) is 7.15. The minimum atomic E-state index is -1.70. The molecule has 138 valence electrons. The smallest absolute Gasteiger partial charge is 0.294 e. The number of amides is 1. The first-order chi connectivity index (χ1) is 12.9. The lowest BCUT2D eigenvalue weighted by Gasteiger charge is -2.11. The molecule has 11 heteroatoms. The number of nitro groups is 1. The molecule has 0 spiro atoms. The molecule has 0 saturated carbocycles. The first-order valence-corrected chi connectivity index (χ1v) is 7.35. The van der Waals surface area contributed by atoms with Crippen LogP contribution >= 0.6 is 0 Å². The standard InChI is InChI=1S/C16H10F3N5O3/c17-10-2-3-11(15(19)14(10)18)21-22-16(25)9-1-4-12(13(7-9)24(26)27)23-6-5-20-8-23/h1-8,21H,(H,22,25). The van der Waals surface area contributed by atoms with Crippen LogP contribution in [0.4, 0.5) is 24.5 Å². The Balaban J connectivity index is 1.82. The molecular formula is C16H10F3N5O3. The Labute approximate surface area is 149 Å². The number of halogens is 3. The van der Waals surface area contributed by atoms with Gasteiger partial charge in [-0.05, 0) is 24.3 Å². The van der Waals surface area contributed by atoms with E-state index in [0.29, 0.717) is 6.07 Å². The van der Waals surface area contributed by atoms with Crippen LogP contribution in [0.3, 0.4) is 0 Å². The average molecular weight is 377 g/mol. The molecule has 0 aliphatic rings. The molecule has 0 fully saturated rings. The van der Waals surface area contributed by atoms with Crippen LogP contribution in [0.1, 0.15) is 10.4 Å². The second-order valence-corrected chi connectivity index (χ2v) is 5.23. The van der Waals surface area contributed by atoms with Crippen LogP contribution in [0.2, 0.25) is 0 Å². The quantitative estimate of drug-likeness (QED) is 0.404. The Bertz CT molecular complexity index is 1020. The van der Waals surface area contributed by atoms with Gasteiger partial charge < -0.3 is 4.57 Å². The number of carbonyl (C=O) groups excluding carboxylic acids is 1. The van der Waals surface area contributed by atoms with E-state index in [2.05, 4.69) is 15.8 Å². The maximum atomic E-state index is 13.6. The van der Waals surface area contributed by atoms with Crippen LogP contribution in [0.25, 0.3) is 5.69 Å². The lowest BCUT2D eigenvalue weighted by Crippen LogP contribution is -2.30. The molecule has 1 heterocycles. The van der Waals surface area contributed by atoms with Crippen molar-refractivity contribution >= 4 is 17.3 Å². The van der Waals surface area contributed by atoms with E-state index in [1.807, 2.05) is 0 Å². The number of hydrogen-bond donors (Lipinski definition) is 2. The number of nitrogens with one attached hydrogen (secondary N) is 2. The van der Waals surface area contributed by atoms with E-state index in [1.54, 1.807) is 0 Å². The van der Waals surface area contributed by atoms with Crippen molar-refractivity contribution in [2.45, 2.75) is 0 Å².